The number of benzene rings is 4. The third kappa shape index (κ3) is 3.02. The first-order chi connectivity index (χ1) is 15.8. The van der Waals surface area contributed by atoms with Crippen LogP contribution in [0.25, 0.3) is 49.8 Å². The van der Waals surface area contributed by atoms with Crippen LogP contribution in [-0.4, -0.2) is 0 Å². The predicted octanol–water partition coefficient (Wildman–Crippen LogP) is 8.60. The molecule has 5 aromatic rings. The van der Waals surface area contributed by atoms with Crippen molar-refractivity contribution in [2.24, 2.45) is 0 Å². The minimum absolute atomic E-state index is 0.866. The second-order valence-corrected chi connectivity index (χ2v) is 8.21. The summed E-state index contributed by atoms with van der Waals surface area (Å²) in [6, 6.07) is 30.0. The van der Waals surface area contributed by atoms with Gasteiger partial charge in [-0.05, 0) is 45.9 Å². The van der Waals surface area contributed by atoms with Crippen LogP contribution in [0.3, 0.4) is 0 Å². The first-order valence-electron chi connectivity index (χ1n) is 10.9. The monoisotopic (exact) mass is 410 g/mol. The summed E-state index contributed by atoms with van der Waals surface area (Å²) in [6.07, 6.45) is 9.34. The first kappa shape index (κ1) is 18.7. The molecule has 1 nitrogen and oxygen atoms in total. The Balaban J connectivity index is 1.57. The van der Waals surface area contributed by atoms with Crippen molar-refractivity contribution in [2.45, 2.75) is 6.42 Å². The number of hydrogen-bond donors (Lipinski definition) is 0. The van der Waals surface area contributed by atoms with Crippen LogP contribution in [-0.2, 0) is 6.42 Å². The van der Waals surface area contributed by atoms with Gasteiger partial charge in [0.1, 0.15) is 11.2 Å². The van der Waals surface area contributed by atoms with Crippen molar-refractivity contribution in [3.05, 3.63) is 127 Å². The Hall–Kier alpha value is -4.10. The largest absolute Gasteiger partial charge is 0.455 e. The van der Waals surface area contributed by atoms with Crippen molar-refractivity contribution >= 4 is 27.5 Å². The molecule has 32 heavy (non-hydrogen) atoms. The third-order valence-electron chi connectivity index (χ3n) is 6.27. The van der Waals surface area contributed by atoms with Crippen LogP contribution in [0.2, 0.25) is 0 Å². The topological polar surface area (TPSA) is 13.1 Å². The average Bonchev–Trinajstić information content (AvgIpc) is 3.22. The molecule has 0 amide bonds. The van der Waals surface area contributed by atoms with Gasteiger partial charge in [0, 0.05) is 16.3 Å². The maximum Gasteiger partial charge on any atom is 0.143 e. The Morgan fingerprint density at radius 1 is 0.656 bits per heavy atom. The molecule has 0 atom stereocenters. The Kier molecular flexibility index (Phi) is 4.40. The highest BCUT2D eigenvalue weighted by atomic mass is 16.3. The van der Waals surface area contributed by atoms with Crippen molar-refractivity contribution in [1.82, 2.24) is 0 Å². The number of furan rings is 1. The average molecular weight is 411 g/mol. The normalized spacial score (nSPS) is 15.3. The van der Waals surface area contributed by atoms with Crippen LogP contribution in [0, 0.1) is 0 Å². The van der Waals surface area contributed by atoms with Gasteiger partial charge in [0.2, 0.25) is 0 Å². The zero-order valence-corrected chi connectivity index (χ0v) is 17.7. The lowest BCUT2D eigenvalue weighted by atomic mass is 9.88. The molecular formula is C31H22O. The zero-order valence-electron chi connectivity index (χ0n) is 17.7. The number of para-hydroxylation sites is 2. The molecule has 0 unspecified atom stereocenters. The molecule has 1 aromatic heterocycles. The molecule has 1 heterocycles. The quantitative estimate of drug-likeness (QED) is 0.270. The van der Waals surface area contributed by atoms with E-state index in [1.54, 1.807) is 0 Å². The van der Waals surface area contributed by atoms with E-state index in [0.717, 1.165) is 39.5 Å². The standard InChI is InChI=1S/C31H22O/c1-21-10-3-2-4-11-22-20-23(18-19-25(22)27-13-6-5-12-24(21)27)26-15-9-16-29-28-14-7-8-17-30(28)32-31(26)29/h2-10,12-20H,1,11H2/b4-2-,10-3-. The van der Waals surface area contributed by atoms with E-state index in [9.17, 15) is 0 Å². The van der Waals surface area contributed by atoms with Crippen LogP contribution in [0.5, 0.6) is 0 Å². The van der Waals surface area contributed by atoms with Crippen molar-refractivity contribution in [1.29, 1.82) is 0 Å². The van der Waals surface area contributed by atoms with E-state index >= 15 is 0 Å². The number of hydrogen-bond acceptors (Lipinski definition) is 1. The first-order valence-corrected chi connectivity index (χ1v) is 10.9. The Labute approximate surface area is 187 Å². The fraction of sp³-hybridized carbons (Fsp3) is 0.0323. The zero-order chi connectivity index (χ0) is 21.5. The fourth-order valence-corrected chi connectivity index (χ4v) is 4.70. The van der Waals surface area contributed by atoms with Crippen LogP contribution in [0.15, 0.2) is 120 Å². The van der Waals surface area contributed by atoms with Crippen LogP contribution in [0.1, 0.15) is 11.1 Å². The summed E-state index contributed by atoms with van der Waals surface area (Å²) in [7, 11) is 0. The molecule has 0 bridgehead atoms. The molecule has 0 radical (unpaired) electrons. The molecule has 0 saturated carbocycles. The van der Waals surface area contributed by atoms with Crippen molar-refractivity contribution < 1.29 is 4.42 Å². The summed E-state index contributed by atoms with van der Waals surface area (Å²) in [6.45, 7) is 4.29. The predicted molar refractivity (Wildman–Crippen MR) is 136 cm³/mol. The maximum absolute atomic E-state index is 6.30. The molecule has 0 spiro atoms. The molecule has 0 fully saturated rings. The second kappa shape index (κ2) is 7.55. The number of allylic oxidation sites excluding steroid dienone is 5. The van der Waals surface area contributed by atoms with Gasteiger partial charge in [-0.15, -0.1) is 0 Å². The Morgan fingerprint density at radius 3 is 2.38 bits per heavy atom. The van der Waals surface area contributed by atoms with Gasteiger partial charge < -0.3 is 4.42 Å². The third-order valence-corrected chi connectivity index (χ3v) is 6.27. The van der Waals surface area contributed by atoms with Gasteiger partial charge in [0.15, 0.2) is 0 Å². The highest BCUT2D eigenvalue weighted by Gasteiger charge is 2.15. The lowest BCUT2D eigenvalue weighted by Crippen LogP contribution is -1.94. The number of fused-ring (bicyclic) bond motifs is 6. The maximum atomic E-state index is 6.30. The van der Waals surface area contributed by atoms with E-state index in [0.29, 0.717) is 0 Å². The van der Waals surface area contributed by atoms with Crippen LogP contribution >= 0.6 is 0 Å². The van der Waals surface area contributed by atoms with Gasteiger partial charge in [-0.1, -0.05) is 110 Å². The fourth-order valence-electron chi connectivity index (χ4n) is 4.70. The molecule has 1 aliphatic rings. The minimum Gasteiger partial charge on any atom is -0.455 e. The molecule has 0 aliphatic heterocycles. The van der Waals surface area contributed by atoms with Gasteiger partial charge in [0.05, 0.1) is 0 Å². The van der Waals surface area contributed by atoms with E-state index in [-0.39, 0.29) is 0 Å². The van der Waals surface area contributed by atoms with Gasteiger partial charge in [-0.3, -0.25) is 0 Å². The van der Waals surface area contributed by atoms with Gasteiger partial charge in [0.25, 0.3) is 0 Å². The van der Waals surface area contributed by atoms with Crippen molar-refractivity contribution in [2.75, 3.05) is 0 Å². The SMILES string of the molecule is C=C1/C=C\C=C/Cc2cc(-c3cccc4c3oc3ccccc34)ccc2-c2ccccc21. The minimum atomic E-state index is 0.866. The lowest BCUT2D eigenvalue weighted by Gasteiger charge is -2.16. The summed E-state index contributed by atoms with van der Waals surface area (Å²) in [5, 5.41) is 2.32. The lowest BCUT2D eigenvalue weighted by molar-refractivity contribution is 0.670. The van der Waals surface area contributed by atoms with E-state index in [1.165, 1.54) is 27.8 Å². The van der Waals surface area contributed by atoms with E-state index < -0.39 is 0 Å². The summed E-state index contributed by atoms with van der Waals surface area (Å²) in [5.74, 6) is 0. The summed E-state index contributed by atoms with van der Waals surface area (Å²) >= 11 is 0. The van der Waals surface area contributed by atoms with E-state index in [2.05, 4.69) is 104 Å². The van der Waals surface area contributed by atoms with E-state index in [4.69, 9.17) is 4.42 Å². The molecule has 6 rings (SSSR count). The van der Waals surface area contributed by atoms with Crippen molar-refractivity contribution in [3.8, 4) is 22.3 Å². The molecule has 4 aromatic carbocycles. The van der Waals surface area contributed by atoms with Gasteiger partial charge >= 0.3 is 0 Å². The van der Waals surface area contributed by atoms with Gasteiger partial charge in [-0.2, -0.15) is 0 Å². The van der Waals surface area contributed by atoms with E-state index in [1.807, 2.05) is 12.1 Å². The molecule has 152 valence electrons. The molecule has 0 N–H and O–H groups in total. The summed E-state index contributed by atoms with van der Waals surface area (Å²) < 4.78 is 6.30. The molecule has 0 saturated heterocycles. The molecule has 1 heteroatoms. The smallest absolute Gasteiger partial charge is 0.143 e. The van der Waals surface area contributed by atoms with Crippen molar-refractivity contribution in [3.63, 3.8) is 0 Å². The van der Waals surface area contributed by atoms with Crippen LogP contribution in [0.4, 0.5) is 0 Å². The highest BCUT2D eigenvalue weighted by molar-refractivity contribution is 6.09. The summed E-state index contributed by atoms with van der Waals surface area (Å²) in [5.41, 5.74) is 10.1. The highest BCUT2D eigenvalue weighted by Crippen LogP contribution is 2.38. The molecule has 1 aliphatic carbocycles. The summed E-state index contributed by atoms with van der Waals surface area (Å²) in [4.78, 5) is 0. The van der Waals surface area contributed by atoms with Gasteiger partial charge in [-0.25, -0.2) is 0 Å². The number of rotatable bonds is 1. The Bertz CT molecular complexity index is 1560. The second-order valence-electron chi connectivity index (χ2n) is 8.21. The molecular weight excluding hydrogens is 388 g/mol. The Morgan fingerprint density at radius 2 is 1.44 bits per heavy atom. The van der Waals surface area contributed by atoms with Crippen LogP contribution < -0.4 is 0 Å².